The number of carbonyl (C=O) groups excluding carboxylic acids is 1. The Morgan fingerprint density at radius 1 is 1.25 bits per heavy atom. The largest absolute Gasteiger partial charge is 0.481 e. The number of benzene rings is 1. The number of nitrogens with one attached hydrogen (secondary N) is 1. The van der Waals surface area contributed by atoms with Gasteiger partial charge in [0.1, 0.15) is 0 Å². The third-order valence-corrected chi connectivity index (χ3v) is 3.62. The lowest BCUT2D eigenvalue weighted by Crippen LogP contribution is -2.45. The summed E-state index contributed by atoms with van der Waals surface area (Å²) < 4.78 is 0. The molecule has 1 rings (SSSR count). The van der Waals surface area contributed by atoms with Crippen LogP contribution in [0.15, 0.2) is 24.3 Å². The molecule has 110 valence electrons. The molecule has 20 heavy (non-hydrogen) atoms. The highest BCUT2D eigenvalue weighted by Gasteiger charge is 2.33. The van der Waals surface area contributed by atoms with E-state index < -0.39 is 16.8 Å². The number of aliphatic carboxylic acids is 1. The van der Waals surface area contributed by atoms with Gasteiger partial charge in [-0.05, 0) is 45.4 Å². The lowest BCUT2D eigenvalue weighted by Gasteiger charge is -2.27. The first-order chi connectivity index (χ1) is 9.07. The second kappa shape index (κ2) is 5.83. The number of amides is 1. The van der Waals surface area contributed by atoms with Crippen LogP contribution in [0.2, 0.25) is 5.02 Å². The van der Waals surface area contributed by atoms with Crippen molar-refractivity contribution in [2.45, 2.75) is 33.1 Å². The summed E-state index contributed by atoms with van der Waals surface area (Å²) in [4.78, 5) is 23.3. The van der Waals surface area contributed by atoms with Crippen molar-refractivity contribution < 1.29 is 14.7 Å². The van der Waals surface area contributed by atoms with Crippen LogP contribution in [-0.4, -0.2) is 23.5 Å². The zero-order valence-electron chi connectivity index (χ0n) is 12.2. The first kappa shape index (κ1) is 16.5. The van der Waals surface area contributed by atoms with Gasteiger partial charge >= 0.3 is 5.97 Å². The first-order valence-corrected chi connectivity index (χ1v) is 6.73. The van der Waals surface area contributed by atoms with Gasteiger partial charge in [-0.2, -0.15) is 0 Å². The van der Waals surface area contributed by atoms with E-state index in [1.54, 1.807) is 45.9 Å². The van der Waals surface area contributed by atoms with Gasteiger partial charge in [0.05, 0.1) is 10.8 Å². The molecule has 1 amide bonds. The number of halogens is 1. The number of hydrogen-bond donors (Lipinski definition) is 2. The van der Waals surface area contributed by atoms with Crippen molar-refractivity contribution in [3.05, 3.63) is 34.9 Å². The van der Waals surface area contributed by atoms with E-state index in [1.807, 2.05) is 6.07 Å². The average Bonchev–Trinajstić information content (AvgIpc) is 2.35. The summed E-state index contributed by atoms with van der Waals surface area (Å²) in [5.74, 6) is -1.17. The maximum atomic E-state index is 12.3. The molecular formula is C15H20ClNO3. The number of rotatable bonds is 5. The predicted octanol–water partition coefficient (Wildman–Crippen LogP) is 2.84. The maximum Gasteiger partial charge on any atom is 0.310 e. The Labute approximate surface area is 124 Å². The van der Waals surface area contributed by atoms with E-state index >= 15 is 0 Å². The van der Waals surface area contributed by atoms with E-state index in [1.165, 1.54) is 0 Å². The van der Waals surface area contributed by atoms with Gasteiger partial charge in [0.25, 0.3) is 0 Å². The molecule has 0 radical (unpaired) electrons. The minimum absolute atomic E-state index is 0.0746. The summed E-state index contributed by atoms with van der Waals surface area (Å²) in [5.41, 5.74) is -0.991. The lowest BCUT2D eigenvalue weighted by atomic mass is 9.83. The fourth-order valence-electron chi connectivity index (χ4n) is 1.61. The van der Waals surface area contributed by atoms with Gasteiger partial charge < -0.3 is 10.4 Å². The van der Waals surface area contributed by atoms with Gasteiger partial charge in [-0.25, -0.2) is 0 Å². The SMILES string of the molecule is CC(C)(CNC(=O)C(C)(C)c1cccc(Cl)c1)C(=O)O. The highest BCUT2D eigenvalue weighted by atomic mass is 35.5. The summed E-state index contributed by atoms with van der Waals surface area (Å²) in [5, 5.41) is 12.3. The quantitative estimate of drug-likeness (QED) is 0.878. The van der Waals surface area contributed by atoms with Gasteiger partial charge in [0, 0.05) is 11.6 Å². The van der Waals surface area contributed by atoms with Crippen LogP contribution in [0.25, 0.3) is 0 Å². The topological polar surface area (TPSA) is 66.4 Å². The Morgan fingerprint density at radius 3 is 2.35 bits per heavy atom. The Bertz CT molecular complexity index is 524. The van der Waals surface area contributed by atoms with Crippen LogP contribution < -0.4 is 5.32 Å². The minimum Gasteiger partial charge on any atom is -0.481 e. The Kier molecular flexibility index (Phi) is 4.81. The molecule has 0 bridgehead atoms. The molecule has 0 heterocycles. The van der Waals surface area contributed by atoms with Crippen molar-refractivity contribution in [2.24, 2.45) is 5.41 Å². The number of carboxylic acids is 1. The van der Waals surface area contributed by atoms with Crippen LogP contribution in [0.5, 0.6) is 0 Å². The Balaban J connectivity index is 2.83. The third kappa shape index (κ3) is 3.73. The van der Waals surface area contributed by atoms with Crippen molar-refractivity contribution in [3.63, 3.8) is 0 Å². The van der Waals surface area contributed by atoms with Gasteiger partial charge in [0.2, 0.25) is 5.91 Å². The Hall–Kier alpha value is -1.55. The molecule has 0 aromatic heterocycles. The third-order valence-electron chi connectivity index (χ3n) is 3.38. The molecule has 0 atom stereocenters. The van der Waals surface area contributed by atoms with Crippen LogP contribution in [-0.2, 0) is 15.0 Å². The highest BCUT2D eigenvalue weighted by Crippen LogP contribution is 2.26. The molecule has 5 heteroatoms. The number of carboxylic acid groups (broad SMARTS) is 1. The van der Waals surface area contributed by atoms with Gasteiger partial charge in [0.15, 0.2) is 0 Å². The summed E-state index contributed by atoms with van der Waals surface area (Å²) in [6, 6.07) is 7.09. The lowest BCUT2D eigenvalue weighted by molar-refractivity contribution is -0.146. The number of hydrogen-bond acceptors (Lipinski definition) is 2. The molecule has 0 spiro atoms. The second-order valence-electron chi connectivity index (χ2n) is 6.01. The van der Waals surface area contributed by atoms with Gasteiger partial charge in [-0.15, -0.1) is 0 Å². The molecular weight excluding hydrogens is 278 g/mol. The van der Waals surface area contributed by atoms with E-state index in [4.69, 9.17) is 16.7 Å². The van der Waals surface area contributed by atoms with Crippen LogP contribution in [0.4, 0.5) is 0 Å². The highest BCUT2D eigenvalue weighted by molar-refractivity contribution is 6.30. The summed E-state index contributed by atoms with van der Waals surface area (Å²) in [6.45, 7) is 6.78. The maximum absolute atomic E-state index is 12.3. The van der Waals surface area contributed by atoms with E-state index in [0.29, 0.717) is 5.02 Å². The minimum atomic E-state index is -1.000. The predicted molar refractivity (Wildman–Crippen MR) is 78.9 cm³/mol. The van der Waals surface area contributed by atoms with Crippen LogP contribution in [0.1, 0.15) is 33.3 Å². The fraction of sp³-hybridized carbons (Fsp3) is 0.467. The molecule has 0 fully saturated rings. The molecule has 1 aromatic rings. The molecule has 2 N–H and O–H groups in total. The molecule has 0 aliphatic carbocycles. The average molecular weight is 298 g/mol. The van der Waals surface area contributed by atoms with E-state index in [0.717, 1.165) is 5.56 Å². The zero-order chi connectivity index (χ0) is 15.6. The molecule has 0 saturated carbocycles. The summed E-state index contributed by atoms with van der Waals surface area (Å²) >= 11 is 5.94. The summed E-state index contributed by atoms with van der Waals surface area (Å²) in [7, 11) is 0. The van der Waals surface area contributed by atoms with E-state index in [-0.39, 0.29) is 12.5 Å². The van der Waals surface area contributed by atoms with Gasteiger partial charge in [-0.1, -0.05) is 23.7 Å². The molecule has 4 nitrogen and oxygen atoms in total. The van der Waals surface area contributed by atoms with Crippen molar-refractivity contribution in [2.75, 3.05) is 6.54 Å². The van der Waals surface area contributed by atoms with Crippen LogP contribution in [0.3, 0.4) is 0 Å². The van der Waals surface area contributed by atoms with Crippen molar-refractivity contribution in [1.82, 2.24) is 5.32 Å². The molecule has 1 aromatic carbocycles. The van der Waals surface area contributed by atoms with Gasteiger partial charge in [-0.3, -0.25) is 9.59 Å². The van der Waals surface area contributed by atoms with Crippen LogP contribution in [0, 0.1) is 5.41 Å². The Morgan fingerprint density at radius 2 is 1.85 bits per heavy atom. The standard InChI is InChI=1S/C15H20ClNO3/c1-14(2,13(19)20)9-17-12(18)15(3,4)10-6-5-7-11(16)8-10/h5-8H,9H2,1-4H3,(H,17,18)(H,19,20). The van der Waals surface area contributed by atoms with Crippen LogP contribution >= 0.6 is 11.6 Å². The fourth-order valence-corrected chi connectivity index (χ4v) is 1.80. The van der Waals surface area contributed by atoms with Crippen molar-refractivity contribution >= 4 is 23.5 Å². The second-order valence-corrected chi connectivity index (χ2v) is 6.44. The molecule has 0 saturated heterocycles. The van der Waals surface area contributed by atoms with E-state index in [2.05, 4.69) is 5.32 Å². The monoisotopic (exact) mass is 297 g/mol. The molecule has 0 aliphatic heterocycles. The van der Waals surface area contributed by atoms with E-state index in [9.17, 15) is 9.59 Å². The molecule has 0 unspecified atom stereocenters. The normalized spacial score (nSPS) is 12.1. The zero-order valence-corrected chi connectivity index (χ0v) is 12.9. The van der Waals surface area contributed by atoms with Crippen molar-refractivity contribution in [3.8, 4) is 0 Å². The molecule has 0 aliphatic rings. The summed E-state index contributed by atoms with van der Waals surface area (Å²) in [6.07, 6.45) is 0. The first-order valence-electron chi connectivity index (χ1n) is 6.35. The smallest absolute Gasteiger partial charge is 0.310 e. The number of carbonyl (C=O) groups is 2. The van der Waals surface area contributed by atoms with Crippen molar-refractivity contribution in [1.29, 1.82) is 0 Å².